The summed E-state index contributed by atoms with van der Waals surface area (Å²) in [5.74, 6) is 0. The van der Waals surface area contributed by atoms with E-state index in [0.29, 0.717) is 0 Å². The van der Waals surface area contributed by atoms with Crippen molar-refractivity contribution in [2.45, 2.75) is 184 Å². The molecular formula is C44H68N2. The Morgan fingerprint density at radius 3 is 0.935 bits per heavy atom. The Morgan fingerprint density at radius 1 is 0.391 bits per heavy atom. The van der Waals surface area contributed by atoms with Gasteiger partial charge in [0.05, 0.1) is 0 Å². The summed E-state index contributed by atoms with van der Waals surface area (Å²) in [5, 5.41) is 0. The van der Waals surface area contributed by atoms with Crippen molar-refractivity contribution in [2.75, 3.05) is 0 Å². The molecule has 0 atom stereocenters. The van der Waals surface area contributed by atoms with Crippen molar-refractivity contribution in [3.63, 3.8) is 0 Å². The van der Waals surface area contributed by atoms with E-state index in [0.717, 1.165) is 101 Å². The fourth-order valence-corrected chi connectivity index (χ4v) is 7.68. The highest BCUT2D eigenvalue weighted by Gasteiger charge is 2.36. The fraction of sp³-hybridized carbons (Fsp3) is 0.636. The van der Waals surface area contributed by atoms with Gasteiger partial charge in [0.25, 0.3) is 0 Å². The van der Waals surface area contributed by atoms with Gasteiger partial charge in [-0.2, -0.15) is 0 Å². The summed E-state index contributed by atoms with van der Waals surface area (Å²) in [6.07, 6.45) is 22.9. The molecule has 1 heterocycles. The van der Waals surface area contributed by atoms with Gasteiger partial charge in [-0.25, -0.2) is 4.70 Å². The topological polar surface area (TPSA) is 25.3 Å². The molecule has 0 saturated heterocycles. The molecular weight excluding hydrogens is 556 g/mol. The molecule has 46 heavy (non-hydrogen) atoms. The molecule has 0 bridgehead atoms. The van der Waals surface area contributed by atoms with Crippen LogP contribution in [-0.4, -0.2) is 4.70 Å². The maximum Gasteiger partial charge on any atom is 0.211 e. The third-order valence-electron chi connectivity index (χ3n) is 9.97. The van der Waals surface area contributed by atoms with E-state index in [-0.39, 0.29) is 0 Å². The second-order valence-corrected chi connectivity index (χ2v) is 13.9. The summed E-state index contributed by atoms with van der Waals surface area (Å²) < 4.78 is 1.66. The lowest BCUT2D eigenvalue weighted by Gasteiger charge is -2.19. The first-order chi connectivity index (χ1) is 22.4. The molecule has 2 heteroatoms. The fourth-order valence-electron chi connectivity index (χ4n) is 7.68. The summed E-state index contributed by atoms with van der Waals surface area (Å²) in [5.41, 5.74) is 29.1. The SMILES string of the molecule is CCCCC1=C(c2cc(CCC)c(CCCC)c(CCC)c2)[N+](=[N-])C(c2cc(CCC)c(CCCC)c(CCC)c2)=C1CCCC. The van der Waals surface area contributed by atoms with Crippen molar-refractivity contribution in [1.82, 2.24) is 0 Å². The first-order valence-electron chi connectivity index (χ1n) is 19.7. The molecule has 0 aromatic heterocycles. The van der Waals surface area contributed by atoms with E-state index in [1.807, 2.05) is 0 Å². The molecule has 2 nitrogen and oxygen atoms in total. The van der Waals surface area contributed by atoms with Crippen LogP contribution in [0.25, 0.3) is 16.9 Å². The molecule has 0 radical (unpaired) electrons. The minimum atomic E-state index is 1.02. The van der Waals surface area contributed by atoms with Crippen LogP contribution in [-0.2, 0) is 38.5 Å². The summed E-state index contributed by atoms with van der Waals surface area (Å²) in [6, 6.07) is 9.88. The Hall–Kier alpha value is -2.48. The lowest BCUT2D eigenvalue weighted by atomic mass is 9.86. The number of hydrogen-bond donors (Lipinski definition) is 0. The number of allylic oxidation sites excluding steroid dienone is 2. The highest BCUT2D eigenvalue weighted by molar-refractivity contribution is 5.83. The highest BCUT2D eigenvalue weighted by Crippen LogP contribution is 2.46. The van der Waals surface area contributed by atoms with Crippen LogP contribution in [0, 0.1) is 0 Å². The maximum absolute atomic E-state index is 12.5. The van der Waals surface area contributed by atoms with Crippen LogP contribution in [0.3, 0.4) is 0 Å². The van der Waals surface area contributed by atoms with Crippen molar-refractivity contribution in [2.24, 2.45) is 0 Å². The van der Waals surface area contributed by atoms with Gasteiger partial charge in [0, 0.05) is 22.3 Å². The minimum Gasteiger partial charge on any atom is -0.493 e. The van der Waals surface area contributed by atoms with Crippen molar-refractivity contribution >= 4 is 11.4 Å². The second kappa shape index (κ2) is 20.0. The van der Waals surface area contributed by atoms with E-state index in [1.165, 1.54) is 83.1 Å². The van der Waals surface area contributed by atoms with E-state index in [4.69, 9.17) is 0 Å². The number of hydrogen-bond acceptors (Lipinski definition) is 0. The molecule has 0 aliphatic carbocycles. The van der Waals surface area contributed by atoms with Gasteiger partial charge < -0.3 is 5.53 Å². The largest absolute Gasteiger partial charge is 0.493 e. The Morgan fingerprint density at radius 2 is 0.674 bits per heavy atom. The zero-order valence-electron chi connectivity index (χ0n) is 31.3. The zero-order chi connectivity index (χ0) is 33.5. The van der Waals surface area contributed by atoms with Crippen LogP contribution in [0.2, 0.25) is 0 Å². The zero-order valence-corrected chi connectivity index (χ0v) is 31.3. The number of rotatable bonds is 22. The molecule has 1 aliphatic rings. The lowest BCUT2D eigenvalue weighted by molar-refractivity contribution is -0.345. The van der Waals surface area contributed by atoms with Gasteiger partial charge in [0.15, 0.2) is 0 Å². The molecule has 2 aromatic carbocycles. The quantitative estimate of drug-likeness (QED) is 0.116. The molecule has 0 saturated carbocycles. The molecule has 3 rings (SSSR count). The minimum absolute atomic E-state index is 1.02. The lowest BCUT2D eigenvalue weighted by Crippen LogP contribution is -2.09. The maximum atomic E-state index is 12.5. The predicted octanol–water partition coefficient (Wildman–Crippen LogP) is 13.7. The third kappa shape index (κ3) is 9.32. The van der Waals surface area contributed by atoms with Crippen molar-refractivity contribution in [3.8, 4) is 0 Å². The van der Waals surface area contributed by atoms with Crippen molar-refractivity contribution < 1.29 is 4.70 Å². The predicted molar refractivity (Wildman–Crippen MR) is 203 cm³/mol. The van der Waals surface area contributed by atoms with E-state index in [1.54, 1.807) is 15.8 Å². The van der Waals surface area contributed by atoms with E-state index in [9.17, 15) is 5.53 Å². The van der Waals surface area contributed by atoms with E-state index < -0.39 is 0 Å². The van der Waals surface area contributed by atoms with Gasteiger partial charge in [0.1, 0.15) is 0 Å². The van der Waals surface area contributed by atoms with Gasteiger partial charge in [-0.3, -0.25) is 0 Å². The average Bonchev–Trinajstić information content (AvgIpc) is 3.32. The highest BCUT2D eigenvalue weighted by atomic mass is 15.2. The first-order valence-corrected chi connectivity index (χ1v) is 19.7. The summed E-state index contributed by atoms with van der Waals surface area (Å²) in [6.45, 7) is 18.4. The van der Waals surface area contributed by atoms with Gasteiger partial charge in [-0.05, 0) is 135 Å². The summed E-state index contributed by atoms with van der Waals surface area (Å²) in [4.78, 5) is 0. The van der Waals surface area contributed by atoms with Crippen molar-refractivity contribution in [3.05, 3.63) is 85.5 Å². The van der Waals surface area contributed by atoms with Crippen LogP contribution < -0.4 is 0 Å². The number of aryl methyl sites for hydroxylation is 4. The molecule has 0 N–H and O–H groups in total. The number of unbranched alkanes of at least 4 members (excludes halogenated alkanes) is 4. The van der Waals surface area contributed by atoms with Crippen LogP contribution in [0.1, 0.15) is 190 Å². The van der Waals surface area contributed by atoms with E-state index in [2.05, 4.69) is 79.7 Å². The van der Waals surface area contributed by atoms with Crippen molar-refractivity contribution in [1.29, 1.82) is 0 Å². The van der Waals surface area contributed by atoms with Crippen LogP contribution >= 0.6 is 0 Å². The van der Waals surface area contributed by atoms with Gasteiger partial charge in [-0.1, -0.05) is 107 Å². The number of nitrogens with zero attached hydrogens (tertiary/aromatic N) is 2. The molecule has 0 fully saturated rings. The Labute approximate surface area is 284 Å². The summed E-state index contributed by atoms with van der Waals surface area (Å²) in [7, 11) is 0. The normalized spacial score (nSPS) is 13.5. The van der Waals surface area contributed by atoms with E-state index >= 15 is 0 Å². The summed E-state index contributed by atoms with van der Waals surface area (Å²) >= 11 is 0. The smallest absolute Gasteiger partial charge is 0.211 e. The molecule has 0 spiro atoms. The standard InChI is InChI=1S/C44H68N2/c1-9-17-25-39-33(21-13-5)29-37(30-34(39)22-14-6)43-41(27-19-11-3)42(28-20-12-4)44(46(43)45)38-31-35(23-15-7)40(26-18-10-2)36(32-38)24-16-8/h29-32H,9-28H2,1-8H3. The van der Waals surface area contributed by atoms with Crippen LogP contribution in [0.5, 0.6) is 0 Å². The Kier molecular flexibility index (Phi) is 16.5. The Balaban J connectivity index is 2.33. The number of benzene rings is 2. The molecule has 0 amide bonds. The molecule has 254 valence electrons. The van der Waals surface area contributed by atoms with Crippen LogP contribution in [0.4, 0.5) is 0 Å². The Bertz CT molecular complexity index is 1180. The molecule has 0 unspecified atom stereocenters. The first kappa shape index (κ1) is 38.0. The third-order valence-corrected chi connectivity index (χ3v) is 9.97. The van der Waals surface area contributed by atoms with Gasteiger partial charge >= 0.3 is 0 Å². The molecule has 2 aromatic rings. The average molecular weight is 625 g/mol. The van der Waals surface area contributed by atoms with Crippen LogP contribution in [0.15, 0.2) is 35.4 Å². The monoisotopic (exact) mass is 625 g/mol. The van der Waals surface area contributed by atoms with Gasteiger partial charge in [0.2, 0.25) is 11.4 Å². The van der Waals surface area contributed by atoms with Gasteiger partial charge in [-0.15, -0.1) is 0 Å². The second-order valence-electron chi connectivity index (χ2n) is 13.9. The molecule has 1 aliphatic heterocycles.